The van der Waals surface area contributed by atoms with E-state index in [1.54, 1.807) is 25.3 Å². The molecule has 1 rings (SSSR count). The lowest BCUT2D eigenvalue weighted by Gasteiger charge is -2.15. The van der Waals surface area contributed by atoms with Crippen LogP contribution in [0.3, 0.4) is 0 Å². The Bertz CT molecular complexity index is 471. The van der Waals surface area contributed by atoms with E-state index in [0.717, 1.165) is 0 Å². The van der Waals surface area contributed by atoms with Gasteiger partial charge in [-0.3, -0.25) is 4.21 Å². The molecule has 5 nitrogen and oxygen atoms in total. The van der Waals surface area contributed by atoms with Crippen LogP contribution in [0.5, 0.6) is 5.75 Å². The first-order valence-corrected chi connectivity index (χ1v) is 7.93. The summed E-state index contributed by atoms with van der Waals surface area (Å²) in [6.45, 7) is 2.25. The van der Waals surface area contributed by atoms with E-state index in [0.29, 0.717) is 12.3 Å². The lowest BCUT2D eigenvalue weighted by molar-refractivity contribution is 0.225. The van der Waals surface area contributed by atoms with E-state index in [1.807, 2.05) is 0 Å². The Kier molecular flexibility index (Phi) is 7.00. The molecule has 0 unspecified atom stereocenters. The number of halogens is 1. The maximum absolute atomic E-state index is 13.3. The number of ether oxygens (including phenoxy) is 1. The molecule has 112 valence electrons. The van der Waals surface area contributed by atoms with Crippen LogP contribution in [0.25, 0.3) is 0 Å². The highest BCUT2D eigenvalue weighted by atomic mass is 32.2. The molecule has 0 aliphatic heterocycles. The molecule has 7 heteroatoms. The van der Waals surface area contributed by atoms with Gasteiger partial charge in [-0.2, -0.15) is 0 Å². The number of amides is 2. The number of nitrogens with one attached hydrogen (secondary N) is 2. The normalized spacial score (nSPS) is 13.3. The molecule has 2 N–H and O–H groups in total. The third-order valence-corrected chi connectivity index (χ3v) is 3.16. The summed E-state index contributed by atoms with van der Waals surface area (Å²) in [5.74, 6) is 0.130. The summed E-state index contributed by atoms with van der Waals surface area (Å²) in [6.07, 6.45) is 1.57. The standard InChI is InChI=1S/C13H19FN2O3S/c1-10(16-13(17)15-7-8-20(2)18)9-19-12-6-4-3-5-11(12)14/h3-6,10H,7-9H2,1-2H3,(H2,15,16,17)/t10-,20+/m0/s1. The average Bonchev–Trinajstić information content (AvgIpc) is 2.37. The number of hydrogen-bond donors (Lipinski definition) is 2. The number of benzene rings is 1. The monoisotopic (exact) mass is 302 g/mol. The van der Waals surface area contributed by atoms with Crippen molar-refractivity contribution in [2.24, 2.45) is 0 Å². The van der Waals surface area contributed by atoms with Gasteiger partial charge in [0.2, 0.25) is 0 Å². The van der Waals surface area contributed by atoms with Crippen molar-refractivity contribution in [1.82, 2.24) is 10.6 Å². The van der Waals surface area contributed by atoms with Crippen LogP contribution >= 0.6 is 0 Å². The first kappa shape index (κ1) is 16.4. The van der Waals surface area contributed by atoms with Gasteiger partial charge in [0, 0.05) is 29.4 Å². The Balaban J connectivity index is 2.26. The number of urea groups is 1. The molecule has 2 amide bonds. The van der Waals surface area contributed by atoms with E-state index in [4.69, 9.17) is 4.74 Å². The van der Waals surface area contributed by atoms with Crippen molar-refractivity contribution in [1.29, 1.82) is 0 Å². The fraction of sp³-hybridized carbons (Fsp3) is 0.462. The van der Waals surface area contributed by atoms with Crippen molar-refractivity contribution in [2.45, 2.75) is 13.0 Å². The van der Waals surface area contributed by atoms with E-state index in [1.165, 1.54) is 12.1 Å². The van der Waals surface area contributed by atoms with Crippen LogP contribution in [0.15, 0.2) is 24.3 Å². The minimum atomic E-state index is -0.935. The Morgan fingerprint density at radius 2 is 2.15 bits per heavy atom. The zero-order valence-electron chi connectivity index (χ0n) is 11.5. The number of para-hydroxylation sites is 1. The van der Waals surface area contributed by atoms with Crippen molar-refractivity contribution < 1.29 is 18.1 Å². The molecule has 0 bridgehead atoms. The zero-order chi connectivity index (χ0) is 15.0. The van der Waals surface area contributed by atoms with Gasteiger partial charge in [0.15, 0.2) is 11.6 Å². The summed E-state index contributed by atoms with van der Waals surface area (Å²) < 4.78 is 29.4. The van der Waals surface area contributed by atoms with Crippen molar-refractivity contribution in [3.05, 3.63) is 30.1 Å². The molecular weight excluding hydrogens is 283 g/mol. The molecule has 0 aromatic heterocycles. The molecule has 1 aromatic rings. The molecule has 0 spiro atoms. The molecule has 0 heterocycles. The van der Waals surface area contributed by atoms with Crippen molar-refractivity contribution in [3.8, 4) is 5.75 Å². The molecule has 0 aliphatic rings. The quantitative estimate of drug-likeness (QED) is 0.797. The summed E-state index contributed by atoms with van der Waals surface area (Å²) in [5.41, 5.74) is 0. The lowest BCUT2D eigenvalue weighted by atomic mass is 10.3. The maximum atomic E-state index is 13.3. The molecule has 0 fully saturated rings. The molecule has 1 aromatic carbocycles. The second-order valence-corrected chi connectivity index (χ2v) is 5.87. The molecule has 0 saturated carbocycles. The van der Waals surface area contributed by atoms with Gasteiger partial charge in [0.25, 0.3) is 0 Å². The zero-order valence-corrected chi connectivity index (χ0v) is 12.3. The molecule has 2 atom stereocenters. The Morgan fingerprint density at radius 3 is 2.80 bits per heavy atom. The fourth-order valence-corrected chi connectivity index (χ4v) is 1.79. The van der Waals surface area contributed by atoms with E-state index in [-0.39, 0.29) is 24.4 Å². The second kappa shape index (κ2) is 8.52. The van der Waals surface area contributed by atoms with Crippen molar-refractivity contribution >= 4 is 16.8 Å². The summed E-state index contributed by atoms with van der Waals surface area (Å²) in [5, 5.41) is 5.23. The van der Waals surface area contributed by atoms with E-state index >= 15 is 0 Å². The van der Waals surface area contributed by atoms with Gasteiger partial charge in [-0.15, -0.1) is 0 Å². The van der Waals surface area contributed by atoms with E-state index < -0.39 is 16.6 Å². The molecule has 0 radical (unpaired) electrons. The van der Waals surface area contributed by atoms with Crippen LogP contribution < -0.4 is 15.4 Å². The Labute approximate surface area is 120 Å². The van der Waals surface area contributed by atoms with Gasteiger partial charge in [0.05, 0.1) is 6.04 Å². The maximum Gasteiger partial charge on any atom is 0.315 e. The molecule has 0 saturated heterocycles. The van der Waals surface area contributed by atoms with E-state index in [2.05, 4.69) is 10.6 Å². The fourth-order valence-electron chi connectivity index (χ4n) is 1.40. The van der Waals surface area contributed by atoms with Gasteiger partial charge in [-0.25, -0.2) is 9.18 Å². The van der Waals surface area contributed by atoms with Crippen LogP contribution in [0.4, 0.5) is 9.18 Å². The first-order valence-electron chi connectivity index (χ1n) is 6.20. The Hall–Kier alpha value is -1.63. The lowest BCUT2D eigenvalue weighted by Crippen LogP contribution is -2.44. The first-order chi connectivity index (χ1) is 9.49. The number of carbonyl (C=O) groups is 1. The number of hydrogen-bond acceptors (Lipinski definition) is 3. The van der Waals surface area contributed by atoms with E-state index in [9.17, 15) is 13.4 Å². The third kappa shape index (κ3) is 6.51. The average molecular weight is 302 g/mol. The molecule has 0 aliphatic carbocycles. The largest absolute Gasteiger partial charge is 0.488 e. The highest BCUT2D eigenvalue weighted by Crippen LogP contribution is 2.15. The van der Waals surface area contributed by atoms with Crippen LogP contribution in [0.1, 0.15) is 6.92 Å². The highest BCUT2D eigenvalue weighted by Gasteiger charge is 2.09. The molecular formula is C13H19FN2O3S. The summed E-state index contributed by atoms with van der Waals surface area (Å²) in [7, 11) is -0.935. The van der Waals surface area contributed by atoms with Crippen molar-refractivity contribution in [3.63, 3.8) is 0 Å². The number of rotatable bonds is 7. The van der Waals surface area contributed by atoms with Crippen LogP contribution in [0.2, 0.25) is 0 Å². The summed E-state index contributed by atoms with van der Waals surface area (Å²) in [4.78, 5) is 11.5. The van der Waals surface area contributed by atoms with Crippen LogP contribution in [-0.2, 0) is 10.8 Å². The van der Waals surface area contributed by atoms with Crippen LogP contribution in [0, 0.1) is 5.82 Å². The third-order valence-electron chi connectivity index (χ3n) is 2.38. The van der Waals surface area contributed by atoms with Gasteiger partial charge >= 0.3 is 6.03 Å². The smallest absolute Gasteiger partial charge is 0.315 e. The van der Waals surface area contributed by atoms with Gasteiger partial charge in [-0.1, -0.05) is 12.1 Å². The second-order valence-electron chi connectivity index (χ2n) is 4.32. The number of carbonyl (C=O) groups excluding carboxylic acids is 1. The predicted molar refractivity (Wildman–Crippen MR) is 76.8 cm³/mol. The minimum Gasteiger partial charge on any atom is -0.488 e. The topological polar surface area (TPSA) is 67.4 Å². The minimum absolute atomic E-state index is 0.155. The van der Waals surface area contributed by atoms with Crippen LogP contribution in [-0.4, -0.2) is 41.4 Å². The van der Waals surface area contributed by atoms with Gasteiger partial charge in [-0.05, 0) is 19.1 Å². The highest BCUT2D eigenvalue weighted by molar-refractivity contribution is 7.84. The van der Waals surface area contributed by atoms with Gasteiger partial charge in [0.1, 0.15) is 6.61 Å². The van der Waals surface area contributed by atoms with Gasteiger partial charge < -0.3 is 15.4 Å². The van der Waals surface area contributed by atoms with Crippen molar-refractivity contribution in [2.75, 3.05) is 25.2 Å². The SMILES string of the molecule is C[C@@H](COc1ccccc1F)NC(=O)NCC[S@@](C)=O. The summed E-state index contributed by atoms with van der Waals surface area (Å²) in [6, 6.07) is 5.45. The summed E-state index contributed by atoms with van der Waals surface area (Å²) >= 11 is 0. The predicted octanol–water partition coefficient (Wildman–Crippen LogP) is 1.27. The molecule has 20 heavy (non-hydrogen) atoms. The Morgan fingerprint density at radius 1 is 1.45 bits per heavy atom.